The number of nitrogens with one attached hydrogen (secondary N) is 1. The van der Waals surface area contributed by atoms with Crippen molar-refractivity contribution in [3.63, 3.8) is 0 Å². The summed E-state index contributed by atoms with van der Waals surface area (Å²) in [6, 6.07) is 10.2. The summed E-state index contributed by atoms with van der Waals surface area (Å²) in [6.45, 7) is 2.08. The number of pyridine rings is 1. The monoisotopic (exact) mass is 349 g/mol. The fourth-order valence-corrected chi connectivity index (χ4v) is 2.64. The third-order valence-corrected chi connectivity index (χ3v) is 3.83. The number of ether oxygens (including phenoxy) is 1. The van der Waals surface area contributed by atoms with Crippen LogP contribution in [0.5, 0.6) is 11.5 Å². The fraction of sp³-hybridized carbons (Fsp3) is 0.294. The fourth-order valence-electron chi connectivity index (χ4n) is 2.64. The summed E-state index contributed by atoms with van der Waals surface area (Å²) >= 11 is 0. The van der Waals surface area contributed by atoms with E-state index < -0.39 is 0 Å². The number of amides is 1. The van der Waals surface area contributed by atoms with Crippen LogP contribution in [0.4, 0.5) is 0 Å². The maximum absolute atomic E-state index is 12.5. The van der Waals surface area contributed by atoms with Gasteiger partial charge in [-0.3, -0.25) is 9.78 Å². The van der Waals surface area contributed by atoms with Crippen molar-refractivity contribution in [3.8, 4) is 11.5 Å². The van der Waals surface area contributed by atoms with E-state index in [1.165, 1.54) is 12.1 Å². The van der Waals surface area contributed by atoms with Gasteiger partial charge in [-0.2, -0.15) is 0 Å². The van der Waals surface area contributed by atoms with E-state index in [9.17, 15) is 9.90 Å². The molecule has 1 unspecified atom stereocenters. The van der Waals surface area contributed by atoms with Crippen LogP contribution in [-0.2, 0) is 4.79 Å². The van der Waals surface area contributed by atoms with Gasteiger partial charge in [0.15, 0.2) is 6.61 Å². The Morgan fingerprint density at radius 2 is 2.12 bits per heavy atom. The first kappa shape index (κ1) is 18.0. The third-order valence-electron chi connectivity index (χ3n) is 3.83. The summed E-state index contributed by atoms with van der Waals surface area (Å²) in [5.74, 6) is 0.667. The van der Waals surface area contributed by atoms with Gasteiger partial charge in [-0.15, -0.1) is 12.4 Å². The molecule has 0 radical (unpaired) electrons. The largest absolute Gasteiger partial charge is 0.508 e. The van der Waals surface area contributed by atoms with E-state index in [4.69, 9.17) is 4.74 Å². The van der Waals surface area contributed by atoms with Gasteiger partial charge in [0.2, 0.25) is 0 Å². The van der Waals surface area contributed by atoms with Crippen molar-refractivity contribution in [2.75, 3.05) is 26.2 Å². The highest BCUT2D eigenvalue weighted by Crippen LogP contribution is 2.22. The second-order valence-corrected chi connectivity index (χ2v) is 5.38. The van der Waals surface area contributed by atoms with Gasteiger partial charge in [-0.25, -0.2) is 0 Å². The zero-order chi connectivity index (χ0) is 16.1. The molecule has 1 aromatic heterocycles. The average Bonchev–Trinajstić information content (AvgIpc) is 2.62. The topological polar surface area (TPSA) is 74.7 Å². The molecule has 0 spiro atoms. The van der Waals surface area contributed by atoms with Crippen LogP contribution < -0.4 is 10.1 Å². The Morgan fingerprint density at radius 3 is 2.83 bits per heavy atom. The van der Waals surface area contributed by atoms with E-state index in [-0.39, 0.29) is 36.7 Å². The van der Waals surface area contributed by atoms with Crippen molar-refractivity contribution in [2.45, 2.75) is 6.04 Å². The molecule has 1 aliphatic rings. The van der Waals surface area contributed by atoms with Crippen molar-refractivity contribution in [2.24, 2.45) is 0 Å². The van der Waals surface area contributed by atoms with Gasteiger partial charge in [0, 0.05) is 32.0 Å². The van der Waals surface area contributed by atoms with Gasteiger partial charge in [-0.05, 0) is 35.9 Å². The lowest BCUT2D eigenvalue weighted by atomic mass is 10.1. The number of nitrogens with zero attached hydrogens (tertiary/aromatic N) is 2. The van der Waals surface area contributed by atoms with Crippen molar-refractivity contribution >= 4 is 18.3 Å². The van der Waals surface area contributed by atoms with Crippen LogP contribution in [-0.4, -0.2) is 47.1 Å². The molecule has 6 nitrogen and oxygen atoms in total. The molecule has 2 aromatic rings. The average molecular weight is 350 g/mol. The number of aromatic nitrogens is 1. The van der Waals surface area contributed by atoms with Gasteiger partial charge in [-0.1, -0.05) is 6.07 Å². The van der Waals surface area contributed by atoms with Crippen LogP contribution in [0, 0.1) is 0 Å². The smallest absolute Gasteiger partial charge is 0.261 e. The maximum Gasteiger partial charge on any atom is 0.261 e. The van der Waals surface area contributed by atoms with Gasteiger partial charge in [0.05, 0.1) is 6.04 Å². The van der Waals surface area contributed by atoms with E-state index in [1.807, 2.05) is 17.0 Å². The molecule has 0 saturated carbocycles. The van der Waals surface area contributed by atoms with E-state index in [2.05, 4.69) is 10.3 Å². The molecular formula is C17H20ClN3O3. The number of phenolic OH excluding ortho intramolecular Hbond substituents is 1. The zero-order valence-electron chi connectivity index (χ0n) is 13.1. The summed E-state index contributed by atoms with van der Waals surface area (Å²) in [6.07, 6.45) is 3.51. The summed E-state index contributed by atoms with van der Waals surface area (Å²) in [5.41, 5.74) is 1.01. The minimum absolute atomic E-state index is 0. The van der Waals surface area contributed by atoms with Crippen molar-refractivity contribution in [1.82, 2.24) is 15.2 Å². The number of carbonyl (C=O) groups is 1. The molecule has 1 aliphatic heterocycles. The molecule has 24 heavy (non-hydrogen) atoms. The van der Waals surface area contributed by atoms with Crippen molar-refractivity contribution in [3.05, 3.63) is 54.4 Å². The van der Waals surface area contributed by atoms with Crippen LogP contribution >= 0.6 is 12.4 Å². The summed E-state index contributed by atoms with van der Waals surface area (Å²) in [4.78, 5) is 18.5. The number of rotatable bonds is 4. The first-order valence-electron chi connectivity index (χ1n) is 7.56. The summed E-state index contributed by atoms with van der Waals surface area (Å²) in [5, 5.41) is 12.6. The maximum atomic E-state index is 12.5. The molecule has 128 valence electrons. The molecule has 0 aliphatic carbocycles. The highest BCUT2D eigenvalue weighted by Gasteiger charge is 2.28. The highest BCUT2D eigenvalue weighted by molar-refractivity contribution is 5.85. The summed E-state index contributed by atoms with van der Waals surface area (Å²) in [7, 11) is 0. The number of benzene rings is 1. The molecule has 1 amide bonds. The SMILES string of the molecule is Cl.O=C(COc1ccc(O)cc1)N1CCNCC1c1cccnc1. The lowest BCUT2D eigenvalue weighted by Gasteiger charge is -2.36. The number of hydrogen-bond acceptors (Lipinski definition) is 5. The molecule has 1 atom stereocenters. The third kappa shape index (κ3) is 4.37. The molecule has 1 fully saturated rings. The first-order valence-corrected chi connectivity index (χ1v) is 7.56. The molecule has 7 heteroatoms. The second kappa shape index (κ2) is 8.52. The van der Waals surface area contributed by atoms with E-state index in [0.717, 1.165) is 12.1 Å². The van der Waals surface area contributed by atoms with Gasteiger partial charge < -0.3 is 20.1 Å². The molecule has 2 N–H and O–H groups in total. The predicted octanol–water partition coefficient (Wildman–Crippen LogP) is 1.76. The molecule has 1 saturated heterocycles. The Balaban J connectivity index is 0.00000208. The number of halogens is 1. The second-order valence-electron chi connectivity index (χ2n) is 5.38. The molecular weight excluding hydrogens is 330 g/mol. The van der Waals surface area contributed by atoms with Crippen molar-refractivity contribution < 1.29 is 14.6 Å². The Kier molecular flexibility index (Phi) is 6.40. The van der Waals surface area contributed by atoms with Crippen molar-refractivity contribution in [1.29, 1.82) is 0 Å². The number of hydrogen-bond donors (Lipinski definition) is 2. The minimum Gasteiger partial charge on any atom is -0.508 e. The standard InChI is InChI=1S/C17H19N3O3.ClH/c21-14-3-5-15(6-4-14)23-12-17(22)20-9-8-19-11-16(20)13-2-1-7-18-10-13;/h1-7,10,16,19,21H,8-9,11-12H2;1H. The normalized spacial score (nSPS) is 17.0. The predicted molar refractivity (Wildman–Crippen MR) is 92.4 cm³/mol. The van der Waals surface area contributed by atoms with E-state index in [1.54, 1.807) is 24.5 Å². The van der Waals surface area contributed by atoms with Crippen LogP contribution in [0.3, 0.4) is 0 Å². The quantitative estimate of drug-likeness (QED) is 0.879. The molecule has 0 bridgehead atoms. The first-order chi connectivity index (χ1) is 11.2. The van der Waals surface area contributed by atoms with Crippen LogP contribution in [0.25, 0.3) is 0 Å². The number of aromatic hydroxyl groups is 1. The van der Waals surface area contributed by atoms with Gasteiger partial charge in [0.25, 0.3) is 5.91 Å². The Morgan fingerprint density at radius 1 is 1.33 bits per heavy atom. The summed E-state index contributed by atoms with van der Waals surface area (Å²) < 4.78 is 5.52. The van der Waals surface area contributed by atoms with Crippen LogP contribution in [0.15, 0.2) is 48.8 Å². The number of phenols is 1. The number of piperazine rings is 1. The number of carbonyl (C=O) groups excluding carboxylic acids is 1. The highest BCUT2D eigenvalue weighted by atomic mass is 35.5. The van der Waals surface area contributed by atoms with Gasteiger partial charge in [0.1, 0.15) is 11.5 Å². The Bertz CT molecular complexity index is 652. The minimum atomic E-state index is -0.0616. The van der Waals surface area contributed by atoms with E-state index >= 15 is 0 Å². The molecule has 3 rings (SSSR count). The Hall–Kier alpha value is -2.31. The molecule has 1 aromatic carbocycles. The van der Waals surface area contributed by atoms with E-state index in [0.29, 0.717) is 18.8 Å². The van der Waals surface area contributed by atoms with Gasteiger partial charge >= 0.3 is 0 Å². The lowest BCUT2D eigenvalue weighted by molar-refractivity contribution is -0.136. The Labute approximate surface area is 146 Å². The van der Waals surface area contributed by atoms with Crippen LogP contribution in [0.2, 0.25) is 0 Å². The lowest BCUT2D eigenvalue weighted by Crippen LogP contribution is -2.50. The van der Waals surface area contributed by atoms with Crippen LogP contribution in [0.1, 0.15) is 11.6 Å². The molecule has 2 heterocycles. The zero-order valence-corrected chi connectivity index (χ0v) is 13.9.